The molecule has 0 atom stereocenters. The molecule has 7 heteroatoms. The molecule has 0 N–H and O–H groups in total. The maximum absolute atomic E-state index is 12.2. The van der Waals surface area contributed by atoms with E-state index in [1.807, 2.05) is 17.7 Å². The number of halogens is 1. The quantitative estimate of drug-likeness (QED) is 0.386. The van der Waals surface area contributed by atoms with Crippen LogP contribution in [0.5, 0.6) is 0 Å². The van der Waals surface area contributed by atoms with Crippen LogP contribution < -0.4 is 17.0 Å². The van der Waals surface area contributed by atoms with E-state index in [0.717, 1.165) is 18.8 Å². The van der Waals surface area contributed by atoms with Gasteiger partial charge in [0.1, 0.15) is 12.4 Å². The first-order valence-electron chi connectivity index (χ1n) is 8.91. The van der Waals surface area contributed by atoms with Crippen molar-refractivity contribution in [3.05, 3.63) is 18.2 Å². The summed E-state index contributed by atoms with van der Waals surface area (Å²) < 4.78 is 28.9. The zero-order valence-corrected chi connectivity index (χ0v) is 17.2. The van der Waals surface area contributed by atoms with Crippen molar-refractivity contribution in [2.75, 3.05) is 14.1 Å². The molecule has 0 fully saturated rings. The zero-order valence-electron chi connectivity index (χ0n) is 15.7. The number of unbranched alkanes of at least 4 members (excludes halogenated alkanes) is 8. The molecule has 1 aromatic rings. The lowest BCUT2D eigenvalue weighted by atomic mass is 10.1. The first kappa shape index (κ1) is 23.4. The Labute approximate surface area is 154 Å². The molecule has 0 aliphatic rings. The second-order valence-corrected chi connectivity index (χ2v) is 8.47. The van der Waals surface area contributed by atoms with Crippen LogP contribution in [0.15, 0.2) is 12.4 Å². The van der Waals surface area contributed by atoms with Crippen LogP contribution in [0.4, 0.5) is 0 Å². The molecule has 0 saturated heterocycles. The van der Waals surface area contributed by atoms with Gasteiger partial charge in [-0.2, -0.15) is 12.7 Å². The molecule has 0 aliphatic carbocycles. The summed E-state index contributed by atoms with van der Waals surface area (Å²) in [5.74, 6) is 0.762. The molecular formula is C17H34ClN3O2S. The Morgan fingerprint density at radius 3 is 2.00 bits per heavy atom. The van der Waals surface area contributed by atoms with E-state index in [4.69, 9.17) is 0 Å². The molecule has 0 aromatic carbocycles. The molecule has 0 bridgehead atoms. The van der Waals surface area contributed by atoms with Gasteiger partial charge in [0, 0.05) is 21.0 Å². The van der Waals surface area contributed by atoms with Gasteiger partial charge in [0.15, 0.2) is 0 Å². The lowest BCUT2D eigenvalue weighted by Crippen LogP contribution is -3.00. The Kier molecular flexibility index (Phi) is 11.6. The van der Waals surface area contributed by atoms with E-state index in [1.165, 1.54) is 59.6 Å². The maximum atomic E-state index is 12.2. The second kappa shape index (κ2) is 11.9. The third-order valence-corrected chi connectivity index (χ3v) is 6.14. The van der Waals surface area contributed by atoms with Crippen LogP contribution in [0.1, 0.15) is 70.5 Å². The van der Waals surface area contributed by atoms with Crippen molar-refractivity contribution in [3.63, 3.8) is 0 Å². The molecule has 5 nitrogen and oxygen atoms in total. The predicted octanol–water partition coefficient (Wildman–Crippen LogP) is 0.273. The highest BCUT2D eigenvalue weighted by Crippen LogP contribution is 2.10. The minimum absolute atomic E-state index is 0. The summed E-state index contributed by atoms with van der Waals surface area (Å²) in [6, 6.07) is 0. The van der Waals surface area contributed by atoms with Gasteiger partial charge in [0.05, 0.1) is 6.54 Å². The average molecular weight is 380 g/mol. The Hall–Kier alpha value is -0.590. The molecule has 24 heavy (non-hydrogen) atoms. The molecule has 0 saturated carbocycles. The van der Waals surface area contributed by atoms with Gasteiger partial charge in [-0.1, -0.05) is 51.9 Å². The number of imidazole rings is 1. The van der Waals surface area contributed by atoms with Gasteiger partial charge < -0.3 is 12.4 Å². The van der Waals surface area contributed by atoms with Gasteiger partial charge in [-0.25, -0.2) is 4.57 Å². The molecule has 142 valence electrons. The molecule has 1 aromatic heterocycles. The summed E-state index contributed by atoms with van der Waals surface area (Å²) in [5, 5.41) is 0. The van der Waals surface area contributed by atoms with Gasteiger partial charge in [-0.3, -0.25) is 0 Å². The van der Waals surface area contributed by atoms with Gasteiger partial charge in [-0.15, -0.1) is 3.97 Å². The second-order valence-electron chi connectivity index (χ2n) is 6.45. The minimum Gasteiger partial charge on any atom is -1.00 e. The van der Waals surface area contributed by atoms with E-state index in [1.54, 1.807) is 20.3 Å². The zero-order chi connectivity index (χ0) is 17.3. The standard InChI is InChI=1S/C17H34N3O2S.ClH/c1-5-6-7-8-9-10-11-12-13-14-19-15-16-20(17(19)2)23(21,22)18(3)4;/h15-16H,5-14H2,1-4H3;1H/q+1;/p-1. The summed E-state index contributed by atoms with van der Waals surface area (Å²) in [5.41, 5.74) is 0. The average Bonchev–Trinajstić information content (AvgIpc) is 2.87. The van der Waals surface area contributed by atoms with Crippen LogP contribution in [0.2, 0.25) is 0 Å². The summed E-state index contributed by atoms with van der Waals surface area (Å²) in [6.07, 6.45) is 15.2. The highest BCUT2D eigenvalue weighted by Gasteiger charge is 2.26. The Morgan fingerprint density at radius 2 is 1.50 bits per heavy atom. The van der Waals surface area contributed by atoms with E-state index in [0.29, 0.717) is 0 Å². The number of aryl methyl sites for hydroxylation is 1. The van der Waals surface area contributed by atoms with E-state index in [-0.39, 0.29) is 12.4 Å². The van der Waals surface area contributed by atoms with E-state index in [2.05, 4.69) is 6.92 Å². The summed E-state index contributed by atoms with van der Waals surface area (Å²) >= 11 is 0. The summed E-state index contributed by atoms with van der Waals surface area (Å²) in [7, 11) is -0.298. The van der Waals surface area contributed by atoms with Gasteiger partial charge in [0.2, 0.25) is 0 Å². The van der Waals surface area contributed by atoms with Crippen LogP contribution in [0, 0.1) is 6.92 Å². The van der Waals surface area contributed by atoms with Gasteiger partial charge >= 0.3 is 10.2 Å². The van der Waals surface area contributed by atoms with Crippen LogP contribution in [-0.4, -0.2) is 30.8 Å². The number of hydrogen-bond acceptors (Lipinski definition) is 2. The van der Waals surface area contributed by atoms with Gasteiger partial charge in [-0.05, 0) is 12.8 Å². The number of rotatable bonds is 12. The number of nitrogens with zero attached hydrogens (tertiary/aromatic N) is 3. The van der Waals surface area contributed by atoms with E-state index in [9.17, 15) is 8.42 Å². The Morgan fingerprint density at radius 1 is 1.00 bits per heavy atom. The molecular weight excluding hydrogens is 346 g/mol. The molecule has 0 spiro atoms. The maximum Gasteiger partial charge on any atom is 0.379 e. The molecule has 0 amide bonds. The van der Waals surface area contributed by atoms with Crippen LogP contribution >= 0.6 is 0 Å². The lowest BCUT2D eigenvalue weighted by molar-refractivity contribution is -0.702. The van der Waals surface area contributed by atoms with Crippen molar-refractivity contribution in [3.8, 4) is 0 Å². The molecule has 1 rings (SSSR count). The van der Waals surface area contributed by atoms with Crippen LogP contribution in [0.25, 0.3) is 0 Å². The SMILES string of the molecule is CCCCCCCCCCC[n+]1ccn(S(=O)(=O)N(C)C)c1C.[Cl-]. The topological polar surface area (TPSA) is 46.2 Å². The molecule has 1 heterocycles. The first-order chi connectivity index (χ1) is 10.9. The van der Waals surface area contributed by atoms with Crippen LogP contribution in [-0.2, 0) is 16.8 Å². The largest absolute Gasteiger partial charge is 1.00 e. The van der Waals surface area contributed by atoms with Crippen molar-refractivity contribution in [2.24, 2.45) is 0 Å². The molecule has 0 aliphatic heterocycles. The van der Waals surface area contributed by atoms with Crippen molar-refractivity contribution in [1.29, 1.82) is 0 Å². The fraction of sp³-hybridized carbons (Fsp3) is 0.824. The van der Waals surface area contributed by atoms with E-state index < -0.39 is 10.2 Å². The smallest absolute Gasteiger partial charge is 0.379 e. The Bertz CT molecular complexity index is 556. The normalized spacial score (nSPS) is 11.7. The van der Waals surface area contributed by atoms with Crippen molar-refractivity contribution in [2.45, 2.75) is 78.2 Å². The number of aromatic nitrogens is 2. The molecule has 0 radical (unpaired) electrons. The predicted molar refractivity (Wildman–Crippen MR) is 94.6 cm³/mol. The fourth-order valence-corrected chi connectivity index (χ4v) is 3.73. The molecule has 0 unspecified atom stereocenters. The monoisotopic (exact) mass is 379 g/mol. The lowest BCUT2D eigenvalue weighted by Gasteiger charge is -2.08. The van der Waals surface area contributed by atoms with Crippen LogP contribution in [0.3, 0.4) is 0 Å². The third kappa shape index (κ3) is 7.11. The fourth-order valence-electron chi connectivity index (χ4n) is 2.73. The number of hydrogen-bond donors (Lipinski definition) is 0. The Balaban J connectivity index is 0.00000529. The highest BCUT2D eigenvalue weighted by molar-refractivity contribution is 7.87. The van der Waals surface area contributed by atoms with Crippen molar-refractivity contribution >= 4 is 10.2 Å². The summed E-state index contributed by atoms with van der Waals surface area (Å²) in [6.45, 7) is 4.99. The van der Waals surface area contributed by atoms with Gasteiger partial charge in [0.25, 0.3) is 5.82 Å². The van der Waals surface area contributed by atoms with Crippen molar-refractivity contribution < 1.29 is 25.4 Å². The van der Waals surface area contributed by atoms with Crippen molar-refractivity contribution in [1.82, 2.24) is 8.28 Å². The third-order valence-electron chi connectivity index (χ3n) is 4.33. The highest BCUT2D eigenvalue weighted by atomic mass is 35.5. The van der Waals surface area contributed by atoms with E-state index >= 15 is 0 Å². The minimum atomic E-state index is -3.41. The summed E-state index contributed by atoms with van der Waals surface area (Å²) in [4.78, 5) is 0. The first-order valence-corrected chi connectivity index (χ1v) is 10.3.